The van der Waals surface area contributed by atoms with E-state index in [1.807, 2.05) is 19.1 Å². The SMILES string of the molecule is COc1cc(F)c(-c2ccc(C(=O)O)cc2Cl)cc1-c1ccc(C)cc1CN1C(=O)O[C@H](c2cc(C)cc(C(F)(F)F)c2)[C@@H]1C. The molecule has 1 fully saturated rings. The number of aryl methyl sites for hydroxylation is 2. The first-order valence-electron chi connectivity index (χ1n) is 13.8. The molecule has 4 aromatic carbocycles. The standard InChI is InChI=1S/C34H28ClF4NO5/c1-17-5-7-24(27-14-26(29(36)15-30(27)44-4)25-8-6-20(32(41)42)13-28(25)35)22(9-17)16-40-19(3)31(45-33(40)43)21-10-18(2)11-23(12-21)34(37,38)39/h5-15,19,31H,16H2,1-4H3,(H,41,42)/t19-,31-/m0/s1. The van der Waals surface area contributed by atoms with Crippen LogP contribution < -0.4 is 4.74 Å². The third-order valence-corrected chi connectivity index (χ3v) is 8.15. The van der Waals surface area contributed by atoms with E-state index in [1.54, 1.807) is 32.0 Å². The first-order chi connectivity index (χ1) is 21.2. The van der Waals surface area contributed by atoms with Gasteiger partial charge in [-0.25, -0.2) is 14.0 Å². The number of hydrogen-bond acceptors (Lipinski definition) is 4. The topological polar surface area (TPSA) is 76.1 Å². The summed E-state index contributed by atoms with van der Waals surface area (Å²) < 4.78 is 67.1. The lowest BCUT2D eigenvalue weighted by Gasteiger charge is -2.24. The number of amides is 1. The van der Waals surface area contributed by atoms with Gasteiger partial charge in [0.15, 0.2) is 0 Å². The minimum absolute atomic E-state index is 0.0371. The molecule has 0 radical (unpaired) electrons. The van der Waals surface area contributed by atoms with Crippen molar-refractivity contribution in [1.82, 2.24) is 4.90 Å². The molecule has 0 aliphatic carbocycles. The van der Waals surface area contributed by atoms with Crippen molar-refractivity contribution in [1.29, 1.82) is 0 Å². The molecule has 45 heavy (non-hydrogen) atoms. The molecule has 1 amide bonds. The minimum Gasteiger partial charge on any atom is -0.496 e. The van der Waals surface area contributed by atoms with Crippen molar-refractivity contribution in [2.75, 3.05) is 7.11 Å². The number of halogens is 5. The first-order valence-corrected chi connectivity index (χ1v) is 14.2. The van der Waals surface area contributed by atoms with Crippen LogP contribution in [0, 0.1) is 19.7 Å². The highest BCUT2D eigenvalue weighted by molar-refractivity contribution is 6.33. The van der Waals surface area contributed by atoms with Crippen molar-refractivity contribution < 1.29 is 41.7 Å². The molecule has 5 rings (SSSR count). The van der Waals surface area contributed by atoms with Crippen LogP contribution in [0.25, 0.3) is 22.3 Å². The van der Waals surface area contributed by atoms with Crippen molar-refractivity contribution in [3.63, 3.8) is 0 Å². The van der Waals surface area contributed by atoms with E-state index < -0.39 is 41.8 Å². The van der Waals surface area contributed by atoms with Crippen molar-refractivity contribution >= 4 is 23.7 Å². The van der Waals surface area contributed by atoms with E-state index in [9.17, 15) is 27.9 Å². The van der Waals surface area contributed by atoms with Gasteiger partial charge in [-0.05, 0) is 67.8 Å². The molecule has 4 aromatic rings. The van der Waals surface area contributed by atoms with E-state index in [2.05, 4.69) is 0 Å². The predicted octanol–water partition coefficient (Wildman–Crippen LogP) is 9.24. The maximum absolute atomic E-state index is 15.4. The van der Waals surface area contributed by atoms with E-state index in [0.29, 0.717) is 22.3 Å². The number of carboxylic acids is 1. The summed E-state index contributed by atoms with van der Waals surface area (Å²) in [5.41, 5.74) is 2.74. The second-order valence-electron chi connectivity index (χ2n) is 11.0. The molecule has 0 aromatic heterocycles. The van der Waals surface area contributed by atoms with Gasteiger partial charge >= 0.3 is 18.2 Å². The number of benzene rings is 4. The Morgan fingerprint density at radius 1 is 0.956 bits per heavy atom. The maximum atomic E-state index is 15.4. The van der Waals surface area contributed by atoms with Gasteiger partial charge in [-0.1, -0.05) is 53.1 Å². The van der Waals surface area contributed by atoms with Crippen LogP contribution in [0.5, 0.6) is 5.75 Å². The molecule has 1 N–H and O–H groups in total. The zero-order valence-electron chi connectivity index (χ0n) is 24.6. The number of methoxy groups -OCH3 is 1. The fourth-order valence-electron chi connectivity index (χ4n) is 5.61. The van der Waals surface area contributed by atoms with Gasteiger partial charge in [-0.3, -0.25) is 4.90 Å². The molecule has 1 aliphatic heterocycles. The van der Waals surface area contributed by atoms with Gasteiger partial charge in [0.25, 0.3) is 0 Å². The van der Waals surface area contributed by atoms with Crippen LogP contribution in [0.4, 0.5) is 22.4 Å². The Labute approximate surface area is 261 Å². The molecular weight excluding hydrogens is 614 g/mol. The van der Waals surface area contributed by atoms with Gasteiger partial charge in [0.1, 0.15) is 17.7 Å². The lowest BCUT2D eigenvalue weighted by Crippen LogP contribution is -2.31. The molecule has 0 bridgehead atoms. The van der Waals surface area contributed by atoms with Crippen LogP contribution in [0.1, 0.15) is 51.2 Å². The Balaban J connectivity index is 1.55. The fourth-order valence-corrected chi connectivity index (χ4v) is 5.89. The highest BCUT2D eigenvalue weighted by Crippen LogP contribution is 2.42. The molecule has 11 heteroatoms. The summed E-state index contributed by atoms with van der Waals surface area (Å²) in [4.78, 5) is 26.0. The summed E-state index contributed by atoms with van der Waals surface area (Å²) in [6, 6.07) is 15.2. The minimum atomic E-state index is -4.56. The van der Waals surface area contributed by atoms with Crippen LogP contribution in [-0.2, 0) is 17.5 Å². The van der Waals surface area contributed by atoms with Gasteiger partial charge < -0.3 is 14.6 Å². The lowest BCUT2D eigenvalue weighted by molar-refractivity contribution is -0.137. The predicted molar refractivity (Wildman–Crippen MR) is 161 cm³/mol. The highest BCUT2D eigenvalue weighted by Gasteiger charge is 2.41. The number of alkyl halides is 3. The zero-order chi connectivity index (χ0) is 32.8. The molecule has 6 nitrogen and oxygen atoms in total. The average molecular weight is 642 g/mol. The third-order valence-electron chi connectivity index (χ3n) is 7.83. The van der Waals surface area contributed by atoms with Crippen molar-refractivity contribution in [2.45, 2.75) is 45.6 Å². The van der Waals surface area contributed by atoms with E-state index in [1.165, 1.54) is 36.3 Å². The average Bonchev–Trinajstić information content (AvgIpc) is 3.25. The molecule has 0 spiro atoms. The van der Waals surface area contributed by atoms with Gasteiger partial charge in [-0.2, -0.15) is 13.2 Å². The number of carbonyl (C=O) groups is 2. The van der Waals surface area contributed by atoms with E-state index in [-0.39, 0.29) is 39.6 Å². The third kappa shape index (κ3) is 6.33. The Morgan fingerprint density at radius 3 is 2.31 bits per heavy atom. The van der Waals surface area contributed by atoms with Crippen LogP contribution >= 0.6 is 11.6 Å². The Hall–Kier alpha value is -4.57. The van der Waals surface area contributed by atoms with Gasteiger partial charge in [0.2, 0.25) is 0 Å². The summed E-state index contributed by atoms with van der Waals surface area (Å²) in [7, 11) is 1.39. The normalized spacial score (nSPS) is 16.6. The molecule has 0 unspecified atom stereocenters. The number of carbonyl (C=O) groups excluding carboxylic acids is 1. The zero-order valence-corrected chi connectivity index (χ0v) is 25.4. The number of hydrogen-bond donors (Lipinski definition) is 1. The largest absolute Gasteiger partial charge is 0.496 e. The van der Waals surface area contributed by atoms with Crippen molar-refractivity contribution in [2.24, 2.45) is 0 Å². The summed E-state index contributed by atoms with van der Waals surface area (Å²) in [5, 5.41) is 9.34. The van der Waals surface area contributed by atoms with Gasteiger partial charge in [0, 0.05) is 27.8 Å². The highest BCUT2D eigenvalue weighted by atomic mass is 35.5. The molecule has 1 saturated heterocycles. The van der Waals surface area contributed by atoms with Crippen LogP contribution in [-0.4, -0.2) is 35.2 Å². The van der Waals surface area contributed by atoms with Crippen LogP contribution in [0.15, 0.2) is 66.7 Å². The van der Waals surface area contributed by atoms with Gasteiger partial charge in [-0.15, -0.1) is 0 Å². The smallest absolute Gasteiger partial charge is 0.416 e. The van der Waals surface area contributed by atoms with Gasteiger partial charge in [0.05, 0.1) is 30.8 Å². The molecule has 2 atom stereocenters. The lowest BCUT2D eigenvalue weighted by atomic mass is 9.92. The molecule has 234 valence electrons. The fraction of sp³-hybridized carbons (Fsp3) is 0.235. The number of nitrogens with zero attached hydrogens (tertiary/aromatic N) is 1. The summed E-state index contributed by atoms with van der Waals surface area (Å²) in [6.45, 7) is 5.16. The summed E-state index contributed by atoms with van der Waals surface area (Å²) >= 11 is 6.38. The second kappa shape index (κ2) is 12.1. The molecule has 1 heterocycles. The second-order valence-corrected chi connectivity index (χ2v) is 11.4. The van der Waals surface area contributed by atoms with Crippen LogP contribution in [0.3, 0.4) is 0 Å². The molecule has 0 saturated carbocycles. The monoisotopic (exact) mass is 641 g/mol. The quantitative estimate of drug-likeness (QED) is 0.204. The van der Waals surface area contributed by atoms with E-state index >= 15 is 4.39 Å². The Bertz CT molecular complexity index is 1820. The first kappa shape index (κ1) is 31.8. The number of aromatic carboxylic acids is 1. The molecular formula is C34H28ClF4NO5. The maximum Gasteiger partial charge on any atom is 0.416 e. The van der Waals surface area contributed by atoms with Crippen LogP contribution in [0.2, 0.25) is 5.02 Å². The number of rotatable bonds is 7. The number of ether oxygens (including phenoxy) is 2. The number of cyclic esters (lactones) is 1. The van der Waals surface area contributed by atoms with Crippen molar-refractivity contribution in [3.8, 4) is 28.0 Å². The molecule has 1 aliphatic rings. The Morgan fingerprint density at radius 2 is 1.67 bits per heavy atom. The summed E-state index contributed by atoms with van der Waals surface area (Å²) in [6.07, 6.45) is -6.18. The van der Waals surface area contributed by atoms with E-state index in [4.69, 9.17) is 21.1 Å². The van der Waals surface area contributed by atoms with E-state index in [0.717, 1.165) is 17.7 Å². The number of carboxylic acid groups (broad SMARTS) is 1. The summed E-state index contributed by atoms with van der Waals surface area (Å²) in [5.74, 6) is -1.62. The Kier molecular flexibility index (Phi) is 8.55. The van der Waals surface area contributed by atoms with Crippen molar-refractivity contribution in [3.05, 3.63) is 111 Å².